The molecule has 0 aromatic carbocycles. The lowest BCUT2D eigenvalue weighted by atomic mass is 10.1. The molecule has 2 atom stereocenters. The van der Waals surface area contributed by atoms with E-state index < -0.39 is 0 Å². The molecule has 2 unspecified atom stereocenters. The van der Waals surface area contributed by atoms with Gasteiger partial charge >= 0.3 is 0 Å². The molecule has 0 rings (SSSR count). The molecule has 0 bridgehead atoms. The predicted molar refractivity (Wildman–Crippen MR) is 85.7 cm³/mol. The first-order chi connectivity index (χ1) is 6.11. The molecular weight excluding hydrogens is 329 g/mol. The molecule has 0 heterocycles. The molecule has 0 saturated heterocycles. The summed E-state index contributed by atoms with van der Waals surface area (Å²) in [7, 11) is 0. The third-order valence-electron chi connectivity index (χ3n) is 1.87. The lowest BCUT2D eigenvalue weighted by molar-refractivity contribution is 0.230. The van der Waals surface area contributed by atoms with Crippen LogP contribution in [-0.4, -0.2) is 23.1 Å². The van der Waals surface area contributed by atoms with Crippen molar-refractivity contribution in [1.82, 2.24) is 5.12 Å². The normalized spacial score (nSPS) is 12.1. The van der Waals surface area contributed by atoms with Crippen molar-refractivity contribution in [3.05, 3.63) is 12.7 Å². The van der Waals surface area contributed by atoms with E-state index in [1.807, 2.05) is 0 Å². The van der Waals surface area contributed by atoms with E-state index in [-0.39, 0.29) is 61.0 Å². The van der Waals surface area contributed by atoms with E-state index >= 15 is 0 Å². The number of halogens is 5. The van der Waals surface area contributed by atoms with E-state index in [1.165, 1.54) is 0 Å². The topological polar surface area (TPSA) is 81.3 Å². The van der Waals surface area contributed by atoms with Crippen LogP contribution in [0.25, 0.3) is 0 Å². The summed E-state index contributed by atoms with van der Waals surface area (Å²) in [5.74, 6) is 10.8. The lowest BCUT2D eigenvalue weighted by Crippen LogP contribution is -2.46. The third kappa shape index (κ3) is 17.0. The Hall–Kier alpha value is 1.03. The van der Waals surface area contributed by atoms with Crippen LogP contribution in [0.15, 0.2) is 12.7 Å². The van der Waals surface area contributed by atoms with Crippen molar-refractivity contribution < 1.29 is 0 Å². The van der Waals surface area contributed by atoms with Crippen LogP contribution in [0.1, 0.15) is 19.3 Å². The highest BCUT2D eigenvalue weighted by atomic mass is 35.5. The van der Waals surface area contributed by atoms with Gasteiger partial charge in [-0.3, -0.25) is 11.7 Å². The molecule has 0 aromatic heterocycles. The van der Waals surface area contributed by atoms with Gasteiger partial charge in [0.1, 0.15) is 0 Å². The summed E-state index contributed by atoms with van der Waals surface area (Å²) in [4.78, 5) is 0. The second-order valence-electron chi connectivity index (χ2n) is 3.01. The van der Waals surface area contributed by atoms with Crippen molar-refractivity contribution in [2.45, 2.75) is 30.7 Å². The van der Waals surface area contributed by atoms with E-state index in [0.717, 1.165) is 18.0 Å². The Balaban J connectivity index is -0.000000120. The Labute approximate surface area is 133 Å². The summed E-state index contributed by atoms with van der Waals surface area (Å²) in [5, 5.41) is 1.19. The number of nitrogens with zero attached hydrogens (tertiary/aromatic N) is 1. The van der Waals surface area contributed by atoms with E-state index in [1.54, 1.807) is 6.08 Å². The molecule has 110 valence electrons. The van der Waals surface area contributed by atoms with Gasteiger partial charge in [-0.1, -0.05) is 6.08 Å². The molecule has 0 fully saturated rings. The highest BCUT2D eigenvalue weighted by Gasteiger charge is 2.13. The van der Waals surface area contributed by atoms with E-state index in [4.69, 9.17) is 29.0 Å². The molecule has 4 nitrogen and oxygen atoms in total. The fraction of sp³-hybridized carbons (Fsp3) is 0.750. The van der Waals surface area contributed by atoms with Crippen LogP contribution < -0.4 is 17.4 Å². The first-order valence-corrected chi connectivity index (χ1v) is 4.80. The molecular formula is C8H23Cl5N4. The van der Waals surface area contributed by atoms with Crippen LogP contribution in [0, 0.1) is 0 Å². The second-order valence-corrected chi connectivity index (χ2v) is 3.63. The van der Waals surface area contributed by atoms with E-state index in [0.29, 0.717) is 13.0 Å². The number of nitrogens with two attached hydrogens (primary N) is 3. The molecule has 0 aliphatic heterocycles. The molecule has 9 heteroatoms. The van der Waals surface area contributed by atoms with Crippen molar-refractivity contribution in [1.29, 1.82) is 0 Å². The van der Waals surface area contributed by atoms with Gasteiger partial charge < -0.3 is 5.73 Å². The quantitative estimate of drug-likeness (QED) is 0.283. The summed E-state index contributed by atoms with van der Waals surface area (Å²) >= 11 is 6.04. The zero-order valence-electron chi connectivity index (χ0n) is 9.46. The minimum absolute atomic E-state index is 0. The second kappa shape index (κ2) is 19.4. The monoisotopic (exact) mass is 350 g/mol. The first-order valence-electron chi connectivity index (χ1n) is 4.37. The Bertz CT molecular complexity index is 150. The highest BCUT2D eigenvalue weighted by Crippen LogP contribution is 2.13. The Morgan fingerprint density at radius 1 is 1.18 bits per heavy atom. The summed E-state index contributed by atoms with van der Waals surface area (Å²) in [5.41, 5.74) is 5.36. The Morgan fingerprint density at radius 2 is 1.65 bits per heavy atom. The third-order valence-corrected chi connectivity index (χ3v) is 2.27. The molecule has 17 heavy (non-hydrogen) atoms. The number of hydrazine groups is 2. The Morgan fingerprint density at radius 3 is 1.94 bits per heavy atom. The van der Waals surface area contributed by atoms with Gasteiger partial charge in [0.25, 0.3) is 0 Å². The molecule has 0 radical (unpaired) electrons. The molecule has 0 aromatic rings. The highest BCUT2D eigenvalue weighted by molar-refractivity contribution is 6.20. The average Bonchev–Trinajstić information content (AvgIpc) is 2.10. The van der Waals surface area contributed by atoms with Gasteiger partial charge in [-0.25, -0.2) is 0 Å². The fourth-order valence-electron chi connectivity index (χ4n) is 1.06. The van der Waals surface area contributed by atoms with Gasteiger partial charge in [-0.15, -0.1) is 67.8 Å². The van der Waals surface area contributed by atoms with E-state index in [2.05, 4.69) is 6.58 Å². The average molecular weight is 353 g/mol. The summed E-state index contributed by atoms with van der Waals surface area (Å²) in [6, 6.07) is -0.0692. The largest absolute Gasteiger partial charge is 0.330 e. The zero-order chi connectivity index (χ0) is 10.3. The summed E-state index contributed by atoms with van der Waals surface area (Å²) in [6.07, 6.45) is 4.21. The first kappa shape index (κ1) is 30.8. The van der Waals surface area contributed by atoms with Crippen LogP contribution in [0.5, 0.6) is 0 Å². The maximum absolute atomic E-state index is 6.04. The number of hydrogen-bond donors (Lipinski definition) is 3. The smallest absolute Gasteiger partial charge is 0.0586 e. The van der Waals surface area contributed by atoms with Gasteiger partial charge in [0.15, 0.2) is 0 Å². The molecule has 0 spiro atoms. The molecule has 6 N–H and O–H groups in total. The minimum atomic E-state index is -0.0692. The summed E-state index contributed by atoms with van der Waals surface area (Å²) < 4.78 is 0. The number of rotatable bonds is 7. The molecule has 0 amide bonds. The minimum Gasteiger partial charge on any atom is -0.330 e. The zero-order valence-corrected chi connectivity index (χ0v) is 13.5. The van der Waals surface area contributed by atoms with Crippen LogP contribution in [0.4, 0.5) is 0 Å². The van der Waals surface area contributed by atoms with Gasteiger partial charge in [-0.2, -0.15) is 5.12 Å². The van der Waals surface area contributed by atoms with Crippen molar-refractivity contribution >= 4 is 61.2 Å². The molecule has 0 aliphatic carbocycles. The van der Waals surface area contributed by atoms with Gasteiger partial charge in [0.05, 0.1) is 6.04 Å². The van der Waals surface area contributed by atoms with Gasteiger partial charge in [0.2, 0.25) is 0 Å². The lowest BCUT2D eigenvalue weighted by Gasteiger charge is -2.21. The van der Waals surface area contributed by atoms with Crippen molar-refractivity contribution in [3.8, 4) is 0 Å². The predicted octanol–water partition coefficient (Wildman–Crippen LogP) is 2.01. The van der Waals surface area contributed by atoms with Gasteiger partial charge in [0, 0.05) is 5.38 Å². The SMILES string of the molecule is C=CC(CC(Cl)CCCN)N(N)N.Cl.Cl.Cl.Cl. The summed E-state index contributed by atoms with van der Waals surface area (Å²) in [6.45, 7) is 4.29. The van der Waals surface area contributed by atoms with Crippen LogP contribution >= 0.6 is 61.2 Å². The fourth-order valence-corrected chi connectivity index (χ4v) is 1.40. The van der Waals surface area contributed by atoms with E-state index in [9.17, 15) is 0 Å². The van der Waals surface area contributed by atoms with Crippen LogP contribution in [-0.2, 0) is 0 Å². The maximum Gasteiger partial charge on any atom is 0.0586 e. The number of hydrogen-bond acceptors (Lipinski definition) is 4. The van der Waals surface area contributed by atoms with Crippen molar-refractivity contribution in [2.24, 2.45) is 17.4 Å². The van der Waals surface area contributed by atoms with Crippen LogP contribution in [0.3, 0.4) is 0 Å². The Kier molecular flexibility index (Phi) is 35.1. The van der Waals surface area contributed by atoms with Crippen molar-refractivity contribution in [2.75, 3.05) is 6.54 Å². The van der Waals surface area contributed by atoms with Crippen LogP contribution in [0.2, 0.25) is 0 Å². The molecule has 0 aliphatic rings. The van der Waals surface area contributed by atoms with Crippen molar-refractivity contribution in [3.63, 3.8) is 0 Å². The molecule has 0 saturated carbocycles. The van der Waals surface area contributed by atoms with Gasteiger partial charge in [-0.05, 0) is 25.8 Å². The number of alkyl halides is 1. The maximum atomic E-state index is 6.04. The standard InChI is InChI=1S/C8H19ClN4.4ClH/c1-2-8(13(11)12)6-7(9)4-3-5-10;;;;/h2,7-8H,1,3-6,10-12H2;4*1H.